The number of benzene rings is 2. The third-order valence-electron chi connectivity index (χ3n) is 4.37. The lowest BCUT2D eigenvalue weighted by atomic mass is 10.0. The van der Waals surface area contributed by atoms with Crippen LogP contribution in [-0.4, -0.2) is 24.3 Å². The van der Waals surface area contributed by atoms with Crippen LogP contribution >= 0.6 is 0 Å². The number of nitrogens with zero attached hydrogens (tertiary/aromatic N) is 1. The van der Waals surface area contributed by atoms with E-state index < -0.39 is 52.3 Å². The Hall–Kier alpha value is -2.90. The van der Waals surface area contributed by atoms with E-state index in [0.29, 0.717) is 6.42 Å². The predicted molar refractivity (Wildman–Crippen MR) is 85.7 cm³/mol. The molecule has 3 rings (SSSR count). The van der Waals surface area contributed by atoms with Crippen LogP contribution in [0.1, 0.15) is 28.8 Å². The smallest absolute Gasteiger partial charge is 0.240 e. The quantitative estimate of drug-likeness (QED) is 0.514. The van der Waals surface area contributed by atoms with E-state index in [-0.39, 0.29) is 18.5 Å². The third-order valence-corrected chi connectivity index (χ3v) is 4.37. The molecule has 8 heteroatoms. The van der Waals surface area contributed by atoms with Gasteiger partial charge in [0, 0.05) is 12.1 Å². The number of ketones is 1. The Bertz CT molecular complexity index is 858. The summed E-state index contributed by atoms with van der Waals surface area (Å²) in [6.45, 7) is 0.00625. The van der Waals surface area contributed by atoms with Crippen molar-refractivity contribution in [3.8, 4) is 0 Å². The van der Waals surface area contributed by atoms with Crippen molar-refractivity contribution in [2.24, 2.45) is 5.73 Å². The van der Waals surface area contributed by atoms with Crippen molar-refractivity contribution in [3.05, 3.63) is 64.7 Å². The Morgan fingerprint density at radius 1 is 0.962 bits per heavy atom. The van der Waals surface area contributed by atoms with E-state index in [4.69, 9.17) is 5.73 Å². The van der Waals surface area contributed by atoms with Gasteiger partial charge in [-0.25, -0.2) is 17.6 Å². The van der Waals surface area contributed by atoms with Gasteiger partial charge in [0.1, 0.15) is 17.3 Å². The summed E-state index contributed by atoms with van der Waals surface area (Å²) in [7, 11) is 0. The standard InChI is InChI=1S/C18H14F4N2O2/c19-12-11(17(25)9-5-2-1-3-6-9)13(20)15(22)16(14(12)21)24-8-4-7-10(24)18(23)26/h1-3,5-6,10H,4,7-8H2,(H2,23,26)/t10-/m1/s1. The first kappa shape index (κ1) is 17.9. The maximum absolute atomic E-state index is 14.5. The Balaban J connectivity index is 2.15. The summed E-state index contributed by atoms with van der Waals surface area (Å²) < 4.78 is 58.0. The largest absolute Gasteiger partial charge is 0.368 e. The van der Waals surface area contributed by atoms with Gasteiger partial charge in [-0.15, -0.1) is 0 Å². The molecule has 0 unspecified atom stereocenters. The second-order valence-corrected chi connectivity index (χ2v) is 5.93. The van der Waals surface area contributed by atoms with Crippen LogP contribution in [0.4, 0.5) is 23.2 Å². The minimum atomic E-state index is -1.80. The maximum Gasteiger partial charge on any atom is 0.240 e. The Labute approximate surface area is 146 Å². The van der Waals surface area contributed by atoms with Gasteiger partial charge in [0.05, 0.1) is 0 Å². The number of anilines is 1. The molecule has 1 atom stereocenters. The van der Waals surface area contributed by atoms with E-state index in [1.165, 1.54) is 24.3 Å². The molecule has 2 N–H and O–H groups in total. The minimum absolute atomic E-state index is 0.00625. The van der Waals surface area contributed by atoms with Crippen molar-refractivity contribution in [3.63, 3.8) is 0 Å². The van der Waals surface area contributed by atoms with Gasteiger partial charge in [0.15, 0.2) is 29.1 Å². The molecule has 2 aromatic rings. The van der Waals surface area contributed by atoms with Crippen LogP contribution in [0, 0.1) is 23.3 Å². The summed E-state index contributed by atoms with van der Waals surface area (Å²) in [6.07, 6.45) is 0.586. The molecule has 1 fully saturated rings. The molecule has 0 radical (unpaired) electrons. The fourth-order valence-electron chi connectivity index (χ4n) is 3.14. The zero-order valence-corrected chi connectivity index (χ0v) is 13.4. The van der Waals surface area contributed by atoms with E-state index in [0.717, 1.165) is 4.90 Å². The van der Waals surface area contributed by atoms with Gasteiger partial charge in [-0.1, -0.05) is 30.3 Å². The molecule has 4 nitrogen and oxygen atoms in total. The number of rotatable bonds is 4. The monoisotopic (exact) mass is 366 g/mol. The van der Waals surface area contributed by atoms with Crippen molar-refractivity contribution in [2.75, 3.05) is 11.4 Å². The molecule has 136 valence electrons. The average Bonchev–Trinajstić information content (AvgIpc) is 3.11. The normalized spacial score (nSPS) is 16.8. The van der Waals surface area contributed by atoms with Crippen LogP contribution in [0.3, 0.4) is 0 Å². The molecule has 1 saturated heterocycles. The molecule has 2 aromatic carbocycles. The van der Waals surface area contributed by atoms with E-state index in [9.17, 15) is 27.2 Å². The van der Waals surface area contributed by atoms with Crippen LogP contribution in [-0.2, 0) is 4.79 Å². The van der Waals surface area contributed by atoms with Crippen molar-refractivity contribution < 1.29 is 27.2 Å². The van der Waals surface area contributed by atoms with Crippen molar-refractivity contribution in [1.29, 1.82) is 0 Å². The Morgan fingerprint density at radius 3 is 2.08 bits per heavy atom. The SMILES string of the molecule is NC(=O)[C@H]1CCCN1c1c(F)c(F)c(C(=O)c2ccccc2)c(F)c1F. The van der Waals surface area contributed by atoms with Gasteiger partial charge in [0.25, 0.3) is 0 Å². The van der Waals surface area contributed by atoms with Crippen LogP contribution in [0.25, 0.3) is 0 Å². The first-order chi connectivity index (χ1) is 12.3. The highest BCUT2D eigenvalue weighted by Crippen LogP contribution is 2.35. The molecular formula is C18H14F4N2O2. The number of carbonyl (C=O) groups is 2. The number of amides is 1. The summed E-state index contributed by atoms with van der Waals surface area (Å²) in [6, 6.07) is 5.94. The van der Waals surface area contributed by atoms with E-state index >= 15 is 0 Å². The van der Waals surface area contributed by atoms with E-state index in [1.54, 1.807) is 6.07 Å². The number of halogens is 4. The van der Waals surface area contributed by atoms with Crippen LogP contribution < -0.4 is 10.6 Å². The second-order valence-electron chi connectivity index (χ2n) is 5.93. The van der Waals surface area contributed by atoms with Crippen molar-refractivity contribution in [1.82, 2.24) is 0 Å². The minimum Gasteiger partial charge on any atom is -0.368 e. The number of hydrogen-bond acceptors (Lipinski definition) is 3. The molecule has 1 heterocycles. The van der Waals surface area contributed by atoms with Gasteiger partial charge in [-0.3, -0.25) is 9.59 Å². The Morgan fingerprint density at radius 2 is 1.54 bits per heavy atom. The molecule has 1 aliphatic heterocycles. The molecule has 1 aliphatic rings. The Kier molecular flexibility index (Phi) is 4.67. The molecule has 0 aromatic heterocycles. The van der Waals surface area contributed by atoms with Gasteiger partial charge < -0.3 is 10.6 Å². The molecule has 26 heavy (non-hydrogen) atoms. The molecule has 1 amide bonds. The number of nitrogens with two attached hydrogens (primary N) is 1. The molecule has 0 bridgehead atoms. The zero-order valence-electron chi connectivity index (χ0n) is 13.4. The van der Waals surface area contributed by atoms with Gasteiger partial charge >= 0.3 is 0 Å². The number of primary amides is 1. The highest BCUT2D eigenvalue weighted by molar-refractivity contribution is 6.09. The molecular weight excluding hydrogens is 352 g/mol. The predicted octanol–water partition coefficient (Wildman–Crippen LogP) is 2.93. The number of hydrogen-bond donors (Lipinski definition) is 1. The lowest BCUT2D eigenvalue weighted by molar-refractivity contribution is -0.119. The lowest BCUT2D eigenvalue weighted by Gasteiger charge is -2.26. The first-order valence-corrected chi connectivity index (χ1v) is 7.86. The second kappa shape index (κ2) is 6.78. The number of carbonyl (C=O) groups excluding carboxylic acids is 2. The average molecular weight is 366 g/mol. The van der Waals surface area contributed by atoms with Gasteiger partial charge in [-0.05, 0) is 12.8 Å². The highest BCUT2D eigenvalue weighted by atomic mass is 19.2. The zero-order chi connectivity index (χ0) is 19.0. The van der Waals surface area contributed by atoms with Crippen molar-refractivity contribution >= 4 is 17.4 Å². The van der Waals surface area contributed by atoms with Crippen LogP contribution in [0.15, 0.2) is 30.3 Å². The lowest BCUT2D eigenvalue weighted by Crippen LogP contribution is -2.41. The highest BCUT2D eigenvalue weighted by Gasteiger charge is 2.37. The fourth-order valence-corrected chi connectivity index (χ4v) is 3.14. The summed E-state index contributed by atoms with van der Waals surface area (Å²) >= 11 is 0. The summed E-state index contributed by atoms with van der Waals surface area (Å²) in [4.78, 5) is 24.6. The molecule has 0 aliphatic carbocycles. The van der Waals surface area contributed by atoms with Gasteiger partial charge in [0.2, 0.25) is 5.91 Å². The fraction of sp³-hybridized carbons (Fsp3) is 0.222. The summed E-state index contributed by atoms with van der Waals surface area (Å²) in [5, 5.41) is 0. The third kappa shape index (κ3) is 2.81. The summed E-state index contributed by atoms with van der Waals surface area (Å²) in [5.74, 6) is -9.09. The first-order valence-electron chi connectivity index (χ1n) is 7.86. The summed E-state index contributed by atoms with van der Waals surface area (Å²) in [5.41, 5.74) is 2.73. The van der Waals surface area contributed by atoms with Gasteiger partial charge in [-0.2, -0.15) is 0 Å². The van der Waals surface area contributed by atoms with E-state index in [1.807, 2.05) is 0 Å². The van der Waals surface area contributed by atoms with Crippen LogP contribution in [0.5, 0.6) is 0 Å². The molecule has 0 spiro atoms. The maximum atomic E-state index is 14.5. The molecule has 0 saturated carbocycles. The van der Waals surface area contributed by atoms with E-state index in [2.05, 4.69) is 0 Å². The topological polar surface area (TPSA) is 63.4 Å². The van der Waals surface area contributed by atoms with Crippen molar-refractivity contribution in [2.45, 2.75) is 18.9 Å². The van der Waals surface area contributed by atoms with Crippen LogP contribution in [0.2, 0.25) is 0 Å².